The van der Waals surface area contributed by atoms with Crippen LogP contribution in [-0.2, 0) is 10.0 Å². The van der Waals surface area contributed by atoms with E-state index in [1.807, 2.05) is 0 Å². The van der Waals surface area contributed by atoms with Gasteiger partial charge in [-0.3, -0.25) is 9.52 Å². The van der Waals surface area contributed by atoms with Gasteiger partial charge in [-0.05, 0) is 54.6 Å². The van der Waals surface area contributed by atoms with E-state index in [0.717, 1.165) is 0 Å². The zero-order chi connectivity index (χ0) is 22.3. The number of hydrogen-bond acceptors (Lipinski definition) is 6. The second-order valence-electron chi connectivity index (χ2n) is 6.30. The molecule has 0 saturated heterocycles. The first-order valence-corrected chi connectivity index (χ1v) is 10.6. The maximum Gasteiger partial charge on any atom is 0.271 e. The molecule has 3 rings (SSSR count). The van der Waals surface area contributed by atoms with E-state index in [0.29, 0.717) is 28.3 Å². The maximum atomic E-state index is 12.4. The van der Waals surface area contributed by atoms with Gasteiger partial charge in [0.2, 0.25) is 0 Å². The van der Waals surface area contributed by atoms with E-state index in [1.165, 1.54) is 49.7 Å². The van der Waals surface area contributed by atoms with Crippen LogP contribution in [0.5, 0.6) is 11.5 Å². The quantitative estimate of drug-likeness (QED) is 0.414. The number of amides is 1. The summed E-state index contributed by atoms with van der Waals surface area (Å²) in [6.45, 7) is 0. The van der Waals surface area contributed by atoms with Crippen LogP contribution in [0.2, 0.25) is 0 Å². The fraction of sp³-hybridized carbons (Fsp3) is 0.0909. The van der Waals surface area contributed by atoms with E-state index >= 15 is 0 Å². The second kappa shape index (κ2) is 9.77. The molecule has 0 aliphatic carbocycles. The smallest absolute Gasteiger partial charge is 0.271 e. The third-order valence-corrected chi connectivity index (χ3v) is 5.66. The highest BCUT2D eigenvalue weighted by atomic mass is 32.2. The summed E-state index contributed by atoms with van der Waals surface area (Å²) in [5.41, 5.74) is 3.71. The van der Waals surface area contributed by atoms with Crippen LogP contribution < -0.4 is 19.6 Å². The van der Waals surface area contributed by atoms with Crippen molar-refractivity contribution < 1.29 is 22.7 Å². The molecule has 0 saturated carbocycles. The molecule has 3 aromatic rings. The highest BCUT2D eigenvalue weighted by Crippen LogP contribution is 2.22. The molecule has 2 N–H and O–H groups in total. The summed E-state index contributed by atoms with van der Waals surface area (Å²) in [7, 11) is -0.617. The van der Waals surface area contributed by atoms with Crippen molar-refractivity contribution in [2.45, 2.75) is 4.90 Å². The van der Waals surface area contributed by atoms with Crippen molar-refractivity contribution in [1.82, 2.24) is 5.43 Å². The average Bonchev–Trinajstić information content (AvgIpc) is 2.79. The van der Waals surface area contributed by atoms with E-state index in [4.69, 9.17) is 9.47 Å². The molecule has 0 heterocycles. The molecule has 160 valence electrons. The van der Waals surface area contributed by atoms with Crippen LogP contribution in [0.3, 0.4) is 0 Å². The van der Waals surface area contributed by atoms with Crippen molar-refractivity contribution in [3.05, 3.63) is 83.9 Å². The Morgan fingerprint density at radius 3 is 2.29 bits per heavy atom. The average molecular weight is 439 g/mol. The van der Waals surface area contributed by atoms with E-state index in [-0.39, 0.29) is 4.90 Å². The highest BCUT2D eigenvalue weighted by Gasteiger charge is 2.14. The number of carbonyl (C=O) groups excluding carboxylic acids is 1. The van der Waals surface area contributed by atoms with Crippen molar-refractivity contribution in [3.8, 4) is 11.5 Å². The van der Waals surface area contributed by atoms with Gasteiger partial charge < -0.3 is 9.47 Å². The van der Waals surface area contributed by atoms with Crippen LogP contribution >= 0.6 is 0 Å². The predicted molar refractivity (Wildman–Crippen MR) is 118 cm³/mol. The van der Waals surface area contributed by atoms with Crippen LogP contribution in [0.25, 0.3) is 0 Å². The highest BCUT2D eigenvalue weighted by molar-refractivity contribution is 7.92. The molecule has 1 amide bonds. The molecular formula is C22H21N3O5S. The number of benzene rings is 3. The largest absolute Gasteiger partial charge is 0.497 e. The maximum absolute atomic E-state index is 12.4. The summed E-state index contributed by atoms with van der Waals surface area (Å²) in [5.74, 6) is 0.756. The monoisotopic (exact) mass is 439 g/mol. The van der Waals surface area contributed by atoms with Gasteiger partial charge in [0.1, 0.15) is 11.5 Å². The number of methoxy groups -OCH3 is 2. The summed E-state index contributed by atoms with van der Waals surface area (Å²) < 4.78 is 37.6. The van der Waals surface area contributed by atoms with Crippen LogP contribution in [0.4, 0.5) is 5.69 Å². The Morgan fingerprint density at radius 1 is 0.935 bits per heavy atom. The number of hydrazone groups is 1. The minimum Gasteiger partial charge on any atom is -0.497 e. The van der Waals surface area contributed by atoms with Crippen molar-refractivity contribution in [2.75, 3.05) is 18.9 Å². The van der Waals surface area contributed by atoms with Crippen molar-refractivity contribution in [1.29, 1.82) is 0 Å². The Kier molecular flexibility index (Phi) is 6.88. The van der Waals surface area contributed by atoms with E-state index in [1.54, 1.807) is 43.5 Å². The molecule has 0 radical (unpaired) electrons. The Hall–Kier alpha value is -3.85. The molecule has 0 spiro atoms. The normalized spacial score (nSPS) is 11.2. The molecular weight excluding hydrogens is 418 g/mol. The van der Waals surface area contributed by atoms with Crippen LogP contribution in [0, 0.1) is 0 Å². The first kappa shape index (κ1) is 21.8. The second-order valence-corrected chi connectivity index (χ2v) is 7.99. The van der Waals surface area contributed by atoms with Crippen LogP contribution in [0.15, 0.2) is 82.8 Å². The Balaban J connectivity index is 1.65. The van der Waals surface area contributed by atoms with Crippen molar-refractivity contribution in [3.63, 3.8) is 0 Å². The summed E-state index contributed by atoms with van der Waals surface area (Å²) in [6.07, 6.45) is 1.45. The number of anilines is 1. The van der Waals surface area contributed by atoms with E-state index in [2.05, 4.69) is 15.2 Å². The van der Waals surface area contributed by atoms with Crippen molar-refractivity contribution >= 4 is 27.8 Å². The van der Waals surface area contributed by atoms with Gasteiger partial charge in [0.15, 0.2) is 0 Å². The molecule has 31 heavy (non-hydrogen) atoms. The minimum atomic E-state index is -3.70. The number of nitrogens with one attached hydrogen (secondary N) is 2. The number of rotatable bonds is 8. The predicted octanol–water partition coefficient (Wildman–Crippen LogP) is 3.27. The Morgan fingerprint density at radius 2 is 1.65 bits per heavy atom. The van der Waals surface area contributed by atoms with E-state index in [9.17, 15) is 13.2 Å². The first-order chi connectivity index (χ1) is 14.9. The molecule has 3 aromatic carbocycles. The van der Waals surface area contributed by atoms with Gasteiger partial charge in [-0.25, -0.2) is 13.8 Å². The van der Waals surface area contributed by atoms with Gasteiger partial charge in [-0.15, -0.1) is 0 Å². The molecule has 0 aromatic heterocycles. The molecule has 9 heteroatoms. The van der Waals surface area contributed by atoms with Gasteiger partial charge in [-0.1, -0.05) is 18.2 Å². The van der Waals surface area contributed by atoms with Gasteiger partial charge in [0.05, 0.1) is 25.3 Å². The first-order valence-electron chi connectivity index (χ1n) is 9.16. The third-order valence-electron chi connectivity index (χ3n) is 4.26. The summed E-state index contributed by atoms with van der Waals surface area (Å²) in [5, 5.41) is 3.95. The summed E-state index contributed by atoms with van der Waals surface area (Å²) >= 11 is 0. The van der Waals surface area contributed by atoms with Gasteiger partial charge in [0.25, 0.3) is 15.9 Å². The Labute approximate surface area is 180 Å². The lowest BCUT2D eigenvalue weighted by atomic mass is 10.2. The molecule has 0 atom stereocenters. The third kappa shape index (κ3) is 5.61. The lowest BCUT2D eigenvalue weighted by molar-refractivity contribution is 0.0955. The molecule has 0 aliphatic heterocycles. The zero-order valence-electron chi connectivity index (χ0n) is 16.9. The lowest BCUT2D eigenvalue weighted by Crippen LogP contribution is -2.18. The van der Waals surface area contributed by atoms with Gasteiger partial charge in [-0.2, -0.15) is 5.10 Å². The van der Waals surface area contributed by atoms with Gasteiger partial charge >= 0.3 is 0 Å². The molecule has 0 fully saturated rings. The SMILES string of the molecule is COc1ccc(OC)c(/C=N\NC(=O)c2ccc(NS(=O)(=O)c3ccccc3)cc2)c1. The van der Waals surface area contributed by atoms with E-state index < -0.39 is 15.9 Å². The van der Waals surface area contributed by atoms with Crippen LogP contribution in [0.1, 0.15) is 15.9 Å². The fourth-order valence-corrected chi connectivity index (χ4v) is 3.75. The van der Waals surface area contributed by atoms with Crippen molar-refractivity contribution in [2.24, 2.45) is 5.10 Å². The number of sulfonamides is 1. The number of hydrogen-bond donors (Lipinski definition) is 2. The fourth-order valence-electron chi connectivity index (χ4n) is 2.67. The number of ether oxygens (including phenoxy) is 2. The number of nitrogens with zero attached hydrogens (tertiary/aromatic N) is 1. The summed E-state index contributed by atoms with van der Waals surface area (Å²) in [4.78, 5) is 12.5. The Bertz CT molecular complexity index is 1180. The standard InChI is InChI=1S/C22H21N3O5S/c1-29-19-12-13-21(30-2)17(14-19)15-23-24-22(26)16-8-10-18(11-9-16)25-31(27,28)20-6-4-3-5-7-20/h3-15,25H,1-2H3,(H,24,26)/b23-15-. The molecule has 0 unspecified atom stereocenters. The minimum absolute atomic E-state index is 0.152. The number of carbonyl (C=O) groups is 1. The topological polar surface area (TPSA) is 106 Å². The molecule has 8 nitrogen and oxygen atoms in total. The zero-order valence-corrected chi connectivity index (χ0v) is 17.7. The van der Waals surface area contributed by atoms with Gasteiger partial charge in [0, 0.05) is 16.8 Å². The van der Waals surface area contributed by atoms with Crippen LogP contribution in [-0.4, -0.2) is 34.8 Å². The summed E-state index contributed by atoms with van der Waals surface area (Å²) in [6, 6.07) is 19.2. The molecule has 0 bridgehead atoms. The molecule has 0 aliphatic rings. The lowest BCUT2D eigenvalue weighted by Gasteiger charge is -2.08.